The summed E-state index contributed by atoms with van der Waals surface area (Å²) in [4.78, 5) is 25.1. The molecule has 0 radical (unpaired) electrons. The van der Waals surface area contributed by atoms with Crippen molar-refractivity contribution in [2.75, 3.05) is 19.7 Å². The number of nitrogens with zero attached hydrogens (tertiary/aromatic N) is 1. The summed E-state index contributed by atoms with van der Waals surface area (Å²) in [5.74, 6) is 1.39. The lowest BCUT2D eigenvalue weighted by Crippen LogP contribution is -2.44. The van der Waals surface area contributed by atoms with E-state index < -0.39 is 6.03 Å². The van der Waals surface area contributed by atoms with Gasteiger partial charge in [0.05, 0.1) is 6.61 Å². The Morgan fingerprint density at radius 2 is 1.96 bits per heavy atom. The van der Waals surface area contributed by atoms with E-state index in [4.69, 9.17) is 10.5 Å². The molecule has 1 saturated heterocycles. The fourth-order valence-corrected chi connectivity index (χ4v) is 2.88. The van der Waals surface area contributed by atoms with E-state index >= 15 is 0 Å². The molecule has 1 fully saturated rings. The second-order valence-corrected chi connectivity index (χ2v) is 6.96. The number of nitrogens with two attached hydrogens (primary N) is 1. The number of nitrogens with one attached hydrogen (secondary N) is 1. The molecule has 1 heterocycles. The largest absolute Gasteiger partial charge is 0.493 e. The van der Waals surface area contributed by atoms with E-state index in [2.05, 4.69) is 19.2 Å². The van der Waals surface area contributed by atoms with Crippen molar-refractivity contribution in [3.63, 3.8) is 0 Å². The molecular weight excluding hydrogens is 318 g/mol. The molecule has 138 valence electrons. The molecule has 0 bridgehead atoms. The summed E-state index contributed by atoms with van der Waals surface area (Å²) in [6.45, 7) is 6.55. The minimum atomic E-state index is -0.411. The molecule has 0 atom stereocenters. The molecule has 3 amide bonds. The zero-order valence-electron chi connectivity index (χ0n) is 15.2. The first kappa shape index (κ1) is 19.1. The predicted octanol–water partition coefficient (Wildman–Crippen LogP) is 2.52. The van der Waals surface area contributed by atoms with Crippen LogP contribution in [0.25, 0.3) is 0 Å². The van der Waals surface area contributed by atoms with Gasteiger partial charge in [0.2, 0.25) is 5.91 Å². The van der Waals surface area contributed by atoms with Crippen LogP contribution < -0.4 is 15.8 Å². The number of hydrogen-bond acceptors (Lipinski definition) is 3. The second-order valence-electron chi connectivity index (χ2n) is 6.96. The number of piperidine rings is 1. The van der Waals surface area contributed by atoms with Gasteiger partial charge in [-0.15, -0.1) is 0 Å². The lowest BCUT2D eigenvalue weighted by Gasteiger charge is -2.30. The topological polar surface area (TPSA) is 84.7 Å². The molecule has 1 aromatic carbocycles. The highest BCUT2D eigenvalue weighted by Gasteiger charge is 2.26. The Labute approximate surface area is 149 Å². The van der Waals surface area contributed by atoms with E-state index in [1.807, 2.05) is 24.3 Å². The molecule has 25 heavy (non-hydrogen) atoms. The maximum atomic E-state index is 12.4. The number of ether oxygens (including phenoxy) is 1. The first-order valence-corrected chi connectivity index (χ1v) is 9.00. The van der Waals surface area contributed by atoms with Gasteiger partial charge in [0.1, 0.15) is 5.75 Å². The number of urea groups is 1. The van der Waals surface area contributed by atoms with Crippen molar-refractivity contribution in [3.05, 3.63) is 29.8 Å². The molecule has 1 aromatic rings. The van der Waals surface area contributed by atoms with Crippen molar-refractivity contribution < 1.29 is 14.3 Å². The van der Waals surface area contributed by atoms with Crippen LogP contribution in [0.1, 0.15) is 38.7 Å². The fraction of sp³-hybridized carbons (Fsp3) is 0.579. The Bertz CT molecular complexity index is 581. The van der Waals surface area contributed by atoms with Crippen molar-refractivity contribution in [1.29, 1.82) is 0 Å². The van der Waals surface area contributed by atoms with Crippen molar-refractivity contribution in [3.8, 4) is 5.75 Å². The Balaban J connectivity index is 1.82. The van der Waals surface area contributed by atoms with Crippen molar-refractivity contribution >= 4 is 11.9 Å². The second kappa shape index (κ2) is 9.30. The smallest absolute Gasteiger partial charge is 0.314 e. The molecule has 0 aliphatic carbocycles. The third kappa shape index (κ3) is 5.96. The molecule has 2 rings (SSSR count). The number of likely N-dealkylation sites (tertiary alicyclic amines) is 1. The summed E-state index contributed by atoms with van der Waals surface area (Å²) in [6, 6.07) is 7.39. The lowest BCUT2D eigenvalue weighted by molar-refractivity contribution is -0.126. The maximum Gasteiger partial charge on any atom is 0.314 e. The summed E-state index contributed by atoms with van der Waals surface area (Å²) < 4.78 is 5.86. The van der Waals surface area contributed by atoms with Crippen LogP contribution in [0.2, 0.25) is 0 Å². The maximum absolute atomic E-state index is 12.4. The average molecular weight is 347 g/mol. The van der Waals surface area contributed by atoms with Crippen LogP contribution in [-0.2, 0) is 11.3 Å². The van der Waals surface area contributed by atoms with E-state index in [-0.39, 0.29) is 11.8 Å². The van der Waals surface area contributed by atoms with Gasteiger partial charge in [0.15, 0.2) is 0 Å². The first-order valence-electron chi connectivity index (χ1n) is 9.00. The van der Waals surface area contributed by atoms with Crippen LogP contribution in [0.15, 0.2) is 24.3 Å². The van der Waals surface area contributed by atoms with E-state index in [0.29, 0.717) is 45.0 Å². The highest BCUT2D eigenvalue weighted by atomic mass is 16.5. The monoisotopic (exact) mass is 347 g/mol. The fourth-order valence-electron chi connectivity index (χ4n) is 2.88. The van der Waals surface area contributed by atoms with Crippen LogP contribution in [0.4, 0.5) is 4.79 Å². The SMILES string of the molecule is CC(C)CCOc1ccccc1CNC(=O)C1CCN(C(N)=O)CC1. The molecule has 0 saturated carbocycles. The number of carbonyl (C=O) groups is 2. The van der Waals surface area contributed by atoms with Crippen LogP contribution in [0, 0.1) is 11.8 Å². The molecule has 0 spiro atoms. The molecule has 6 nitrogen and oxygen atoms in total. The number of rotatable bonds is 7. The molecule has 1 aliphatic heterocycles. The summed E-state index contributed by atoms with van der Waals surface area (Å²) >= 11 is 0. The van der Waals surface area contributed by atoms with Crippen LogP contribution in [-0.4, -0.2) is 36.5 Å². The third-order valence-corrected chi connectivity index (χ3v) is 4.56. The van der Waals surface area contributed by atoms with Crippen LogP contribution in [0.5, 0.6) is 5.75 Å². The van der Waals surface area contributed by atoms with Crippen LogP contribution in [0.3, 0.4) is 0 Å². The lowest BCUT2D eigenvalue weighted by atomic mass is 9.96. The minimum absolute atomic E-state index is 0.0288. The standard InChI is InChI=1S/C19H29N3O3/c1-14(2)9-12-25-17-6-4-3-5-16(17)13-21-18(23)15-7-10-22(11-8-15)19(20)24/h3-6,14-15H,7-13H2,1-2H3,(H2,20,24)(H,21,23). The molecule has 3 N–H and O–H groups in total. The van der Waals surface area contributed by atoms with Gasteiger partial charge in [0, 0.05) is 31.1 Å². The van der Waals surface area contributed by atoms with Gasteiger partial charge in [-0.05, 0) is 31.2 Å². The summed E-state index contributed by atoms with van der Waals surface area (Å²) in [5, 5.41) is 3.00. The average Bonchev–Trinajstić information content (AvgIpc) is 2.60. The number of carbonyl (C=O) groups excluding carboxylic acids is 2. The van der Waals surface area contributed by atoms with Gasteiger partial charge in [-0.3, -0.25) is 4.79 Å². The number of para-hydroxylation sites is 1. The molecule has 0 aromatic heterocycles. The van der Waals surface area contributed by atoms with E-state index in [1.165, 1.54) is 0 Å². The highest BCUT2D eigenvalue weighted by molar-refractivity contribution is 5.79. The Kier molecular flexibility index (Phi) is 7.10. The summed E-state index contributed by atoms with van der Waals surface area (Å²) in [5.41, 5.74) is 6.25. The number of primary amides is 1. The number of benzene rings is 1. The van der Waals surface area contributed by atoms with Crippen molar-refractivity contribution in [2.45, 2.75) is 39.7 Å². The predicted molar refractivity (Wildman–Crippen MR) is 97.1 cm³/mol. The molecule has 6 heteroatoms. The van der Waals surface area contributed by atoms with Crippen LogP contribution >= 0.6 is 0 Å². The molecule has 0 unspecified atom stereocenters. The first-order chi connectivity index (χ1) is 12.0. The van der Waals surface area contributed by atoms with E-state index in [1.54, 1.807) is 4.90 Å². The quantitative estimate of drug-likeness (QED) is 0.795. The zero-order chi connectivity index (χ0) is 18.2. The van der Waals surface area contributed by atoms with Gasteiger partial charge in [-0.25, -0.2) is 4.79 Å². The minimum Gasteiger partial charge on any atom is -0.493 e. The zero-order valence-corrected chi connectivity index (χ0v) is 15.2. The van der Waals surface area contributed by atoms with Crippen molar-refractivity contribution in [2.24, 2.45) is 17.6 Å². The highest BCUT2D eigenvalue weighted by Crippen LogP contribution is 2.20. The third-order valence-electron chi connectivity index (χ3n) is 4.56. The van der Waals surface area contributed by atoms with Gasteiger partial charge in [-0.2, -0.15) is 0 Å². The van der Waals surface area contributed by atoms with E-state index in [0.717, 1.165) is 17.7 Å². The summed E-state index contributed by atoms with van der Waals surface area (Å²) in [7, 11) is 0. The number of hydrogen-bond donors (Lipinski definition) is 2. The van der Waals surface area contributed by atoms with Gasteiger partial charge < -0.3 is 20.7 Å². The Morgan fingerprint density at radius 1 is 1.28 bits per heavy atom. The van der Waals surface area contributed by atoms with Gasteiger partial charge >= 0.3 is 6.03 Å². The Morgan fingerprint density at radius 3 is 2.60 bits per heavy atom. The molecular formula is C19H29N3O3. The normalized spacial score (nSPS) is 15.2. The van der Waals surface area contributed by atoms with Gasteiger partial charge in [-0.1, -0.05) is 32.0 Å². The summed E-state index contributed by atoms with van der Waals surface area (Å²) in [6.07, 6.45) is 2.31. The van der Waals surface area contributed by atoms with E-state index in [9.17, 15) is 9.59 Å². The number of amides is 3. The Hall–Kier alpha value is -2.24. The van der Waals surface area contributed by atoms with Gasteiger partial charge in [0.25, 0.3) is 0 Å². The van der Waals surface area contributed by atoms with Crippen molar-refractivity contribution in [1.82, 2.24) is 10.2 Å². The molecule has 1 aliphatic rings.